The third-order valence-electron chi connectivity index (χ3n) is 4.01. The van der Waals surface area contributed by atoms with Gasteiger partial charge in [0.25, 0.3) is 0 Å². The number of rotatable bonds is 8. The zero-order chi connectivity index (χ0) is 19.8. The lowest BCUT2D eigenvalue weighted by Crippen LogP contribution is -2.54. The second-order valence-electron chi connectivity index (χ2n) is 6.28. The number of amides is 3. The van der Waals surface area contributed by atoms with Gasteiger partial charge in [0.1, 0.15) is 17.8 Å². The van der Waals surface area contributed by atoms with E-state index in [2.05, 4.69) is 10.6 Å². The lowest BCUT2D eigenvalue weighted by molar-refractivity contribution is -0.130. The number of phenolic OH excluding ortho intramolecular Hbond substituents is 1. The summed E-state index contributed by atoms with van der Waals surface area (Å²) in [6, 6.07) is 13.7. The van der Waals surface area contributed by atoms with Gasteiger partial charge in [-0.3, -0.25) is 14.4 Å². The van der Waals surface area contributed by atoms with Crippen molar-refractivity contribution in [2.45, 2.75) is 31.8 Å². The molecule has 2 aromatic rings. The van der Waals surface area contributed by atoms with Crippen LogP contribution in [0.5, 0.6) is 5.75 Å². The van der Waals surface area contributed by atoms with Crippen LogP contribution in [0, 0.1) is 0 Å². The van der Waals surface area contributed by atoms with Gasteiger partial charge in [0, 0.05) is 19.8 Å². The molecule has 0 aliphatic heterocycles. The van der Waals surface area contributed by atoms with Gasteiger partial charge >= 0.3 is 0 Å². The molecule has 0 saturated carbocycles. The highest BCUT2D eigenvalue weighted by Gasteiger charge is 2.25. The van der Waals surface area contributed by atoms with Crippen LogP contribution in [0.15, 0.2) is 54.6 Å². The summed E-state index contributed by atoms with van der Waals surface area (Å²) in [6.07, 6.45) is 0.469. The number of benzene rings is 2. The summed E-state index contributed by atoms with van der Waals surface area (Å²) in [5.74, 6) is -1.42. The first-order valence-electron chi connectivity index (χ1n) is 8.54. The summed E-state index contributed by atoms with van der Waals surface area (Å²) in [5, 5.41) is 14.6. The van der Waals surface area contributed by atoms with Gasteiger partial charge in [0.05, 0.1) is 0 Å². The monoisotopic (exact) mass is 369 g/mol. The van der Waals surface area contributed by atoms with Crippen molar-refractivity contribution in [1.82, 2.24) is 10.6 Å². The Bertz CT molecular complexity index is 791. The fraction of sp³-hybridized carbons (Fsp3) is 0.250. The molecular formula is C20H23N3O4. The molecule has 142 valence electrons. The number of carbonyl (C=O) groups is 3. The second-order valence-corrected chi connectivity index (χ2v) is 6.28. The van der Waals surface area contributed by atoms with Gasteiger partial charge in [-0.15, -0.1) is 0 Å². The highest BCUT2D eigenvalue weighted by molar-refractivity contribution is 5.91. The molecule has 2 unspecified atom stereocenters. The molecule has 2 rings (SSSR count). The Morgan fingerprint density at radius 1 is 0.889 bits per heavy atom. The van der Waals surface area contributed by atoms with Crippen molar-refractivity contribution in [2.24, 2.45) is 5.73 Å². The van der Waals surface area contributed by atoms with Crippen LogP contribution in [0.2, 0.25) is 0 Å². The van der Waals surface area contributed by atoms with Crippen molar-refractivity contribution >= 4 is 17.7 Å². The van der Waals surface area contributed by atoms with Crippen molar-refractivity contribution in [3.8, 4) is 5.75 Å². The van der Waals surface area contributed by atoms with Crippen molar-refractivity contribution in [1.29, 1.82) is 0 Å². The maximum Gasteiger partial charge on any atom is 0.243 e. The number of hydrogen-bond acceptors (Lipinski definition) is 4. The number of nitrogens with two attached hydrogens (primary N) is 1. The van der Waals surface area contributed by atoms with Crippen LogP contribution in [-0.2, 0) is 27.2 Å². The number of carbonyl (C=O) groups excluding carboxylic acids is 3. The van der Waals surface area contributed by atoms with Crippen LogP contribution in [0.1, 0.15) is 18.1 Å². The predicted molar refractivity (Wildman–Crippen MR) is 101 cm³/mol. The Morgan fingerprint density at radius 2 is 1.44 bits per heavy atom. The molecule has 2 atom stereocenters. The smallest absolute Gasteiger partial charge is 0.243 e. The maximum atomic E-state index is 12.7. The van der Waals surface area contributed by atoms with Gasteiger partial charge in [0.15, 0.2) is 0 Å². The maximum absolute atomic E-state index is 12.7. The molecule has 2 aromatic carbocycles. The molecule has 5 N–H and O–H groups in total. The SMILES string of the molecule is CC(=O)NC(Cc1ccc(O)cc1)C(=O)NC(Cc1ccccc1)C(N)=O. The summed E-state index contributed by atoms with van der Waals surface area (Å²) in [6.45, 7) is 1.31. The van der Waals surface area contributed by atoms with Crippen LogP contribution >= 0.6 is 0 Å². The van der Waals surface area contributed by atoms with Crippen LogP contribution in [0.3, 0.4) is 0 Å². The fourth-order valence-corrected chi connectivity index (χ4v) is 2.67. The molecule has 0 aliphatic carbocycles. The highest BCUT2D eigenvalue weighted by atomic mass is 16.3. The zero-order valence-corrected chi connectivity index (χ0v) is 15.0. The Hall–Kier alpha value is -3.35. The molecule has 0 bridgehead atoms. The van der Waals surface area contributed by atoms with E-state index in [9.17, 15) is 19.5 Å². The minimum absolute atomic E-state index is 0.107. The third-order valence-corrected chi connectivity index (χ3v) is 4.01. The average Bonchev–Trinajstić information content (AvgIpc) is 2.62. The van der Waals surface area contributed by atoms with E-state index in [1.54, 1.807) is 12.1 Å². The minimum atomic E-state index is -0.893. The van der Waals surface area contributed by atoms with Crippen LogP contribution in [0.4, 0.5) is 0 Å². The van der Waals surface area contributed by atoms with E-state index in [4.69, 9.17) is 5.73 Å². The van der Waals surface area contributed by atoms with E-state index in [1.165, 1.54) is 19.1 Å². The summed E-state index contributed by atoms with van der Waals surface area (Å²) in [4.78, 5) is 35.9. The number of nitrogens with one attached hydrogen (secondary N) is 2. The van der Waals surface area contributed by atoms with E-state index >= 15 is 0 Å². The molecular weight excluding hydrogens is 346 g/mol. The summed E-state index contributed by atoms with van der Waals surface area (Å²) < 4.78 is 0. The van der Waals surface area contributed by atoms with Crippen LogP contribution in [0.25, 0.3) is 0 Å². The van der Waals surface area contributed by atoms with Crippen LogP contribution in [-0.4, -0.2) is 34.9 Å². The molecule has 27 heavy (non-hydrogen) atoms. The topological polar surface area (TPSA) is 122 Å². The Morgan fingerprint density at radius 3 is 2.00 bits per heavy atom. The normalized spacial score (nSPS) is 12.6. The molecule has 7 nitrogen and oxygen atoms in total. The van der Waals surface area contributed by atoms with Crippen LogP contribution < -0.4 is 16.4 Å². The van der Waals surface area contributed by atoms with Crippen molar-refractivity contribution in [2.75, 3.05) is 0 Å². The van der Waals surface area contributed by atoms with Crippen molar-refractivity contribution in [3.05, 3.63) is 65.7 Å². The largest absolute Gasteiger partial charge is 0.508 e. The summed E-state index contributed by atoms with van der Waals surface area (Å²) in [5.41, 5.74) is 7.04. The molecule has 0 heterocycles. The first-order chi connectivity index (χ1) is 12.8. The van der Waals surface area contributed by atoms with Crippen molar-refractivity contribution in [3.63, 3.8) is 0 Å². The number of primary amides is 1. The highest BCUT2D eigenvalue weighted by Crippen LogP contribution is 2.12. The molecule has 0 fully saturated rings. The van der Waals surface area contributed by atoms with Gasteiger partial charge in [0.2, 0.25) is 17.7 Å². The molecule has 0 spiro atoms. The van der Waals surface area contributed by atoms with E-state index in [0.717, 1.165) is 11.1 Å². The first kappa shape index (κ1) is 20.0. The lowest BCUT2D eigenvalue weighted by atomic mass is 10.0. The van der Waals surface area contributed by atoms with E-state index in [0.29, 0.717) is 0 Å². The number of hydrogen-bond donors (Lipinski definition) is 4. The van der Waals surface area contributed by atoms with E-state index in [-0.39, 0.29) is 24.5 Å². The quantitative estimate of drug-likeness (QED) is 0.546. The lowest BCUT2D eigenvalue weighted by Gasteiger charge is -2.22. The first-order valence-corrected chi connectivity index (χ1v) is 8.54. The van der Waals surface area contributed by atoms with Gasteiger partial charge in [-0.2, -0.15) is 0 Å². The van der Waals surface area contributed by atoms with Gasteiger partial charge in [-0.25, -0.2) is 0 Å². The second kappa shape index (κ2) is 9.38. The molecule has 0 aliphatic rings. The Balaban J connectivity index is 2.10. The zero-order valence-electron chi connectivity index (χ0n) is 15.0. The average molecular weight is 369 g/mol. The summed E-state index contributed by atoms with van der Waals surface area (Å²) in [7, 11) is 0. The summed E-state index contributed by atoms with van der Waals surface area (Å²) >= 11 is 0. The minimum Gasteiger partial charge on any atom is -0.508 e. The van der Waals surface area contributed by atoms with Crippen molar-refractivity contribution < 1.29 is 19.5 Å². The molecule has 0 saturated heterocycles. The number of phenols is 1. The van der Waals surface area contributed by atoms with E-state index < -0.39 is 23.9 Å². The van der Waals surface area contributed by atoms with Gasteiger partial charge in [-0.05, 0) is 23.3 Å². The number of aromatic hydroxyl groups is 1. The van der Waals surface area contributed by atoms with Gasteiger partial charge < -0.3 is 21.5 Å². The predicted octanol–water partition coefficient (Wildman–Crippen LogP) is 0.652. The Kier molecular flexibility index (Phi) is 6.93. The Labute approximate surface area is 157 Å². The molecule has 0 aromatic heterocycles. The fourth-order valence-electron chi connectivity index (χ4n) is 2.67. The molecule has 3 amide bonds. The third kappa shape index (κ3) is 6.47. The molecule has 0 radical (unpaired) electrons. The van der Waals surface area contributed by atoms with E-state index in [1.807, 2.05) is 30.3 Å². The van der Waals surface area contributed by atoms with Gasteiger partial charge in [-0.1, -0.05) is 42.5 Å². The molecule has 7 heteroatoms. The standard InChI is InChI=1S/C20H23N3O4/c1-13(24)22-18(12-15-7-9-16(25)10-8-15)20(27)23-17(19(21)26)11-14-5-3-2-4-6-14/h2-10,17-18,25H,11-12H2,1H3,(H2,21,26)(H,22,24)(H,23,27).